The predicted molar refractivity (Wildman–Crippen MR) is 106 cm³/mol. The van der Waals surface area contributed by atoms with Gasteiger partial charge >= 0.3 is 12.2 Å². The van der Waals surface area contributed by atoms with Gasteiger partial charge in [-0.1, -0.05) is 24.8 Å². The topological polar surface area (TPSA) is 67.9 Å². The fourth-order valence-corrected chi connectivity index (χ4v) is 3.35. The first-order valence-corrected chi connectivity index (χ1v) is 9.77. The summed E-state index contributed by atoms with van der Waals surface area (Å²) >= 11 is 0. The van der Waals surface area contributed by atoms with Crippen molar-refractivity contribution in [3.63, 3.8) is 0 Å². The number of alkyl halides is 2. The average Bonchev–Trinajstić information content (AvgIpc) is 2.66. The summed E-state index contributed by atoms with van der Waals surface area (Å²) < 4.78 is 40.1. The molecule has 1 atom stereocenters. The lowest BCUT2D eigenvalue weighted by molar-refractivity contribution is -0.0780. The maximum atomic E-state index is 14.8. The van der Waals surface area contributed by atoms with Crippen LogP contribution in [0.15, 0.2) is 36.5 Å². The fraction of sp³-hybridized carbons (Fsp3) is 0.619. The van der Waals surface area contributed by atoms with Gasteiger partial charge in [-0.05, 0) is 58.1 Å². The van der Waals surface area contributed by atoms with Crippen molar-refractivity contribution in [2.45, 2.75) is 63.5 Å². The Morgan fingerprint density at radius 1 is 1.38 bits per heavy atom. The van der Waals surface area contributed by atoms with Gasteiger partial charge in [0.1, 0.15) is 17.7 Å². The van der Waals surface area contributed by atoms with Gasteiger partial charge in [-0.2, -0.15) is 8.78 Å². The van der Waals surface area contributed by atoms with E-state index in [2.05, 4.69) is 11.9 Å². The fourth-order valence-electron chi connectivity index (χ4n) is 3.35. The zero-order valence-electron chi connectivity index (χ0n) is 17.3. The van der Waals surface area contributed by atoms with Crippen LogP contribution in [0.2, 0.25) is 0 Å². The van der Waals surface area contributed by atoms with E-state index in [1.807, 2.05) is 18.2 Å². The summed E-state index contributed by atoms with van der Waals surface area (Å²) in [4.78, 5) is 26.0. The molecule has 0 spiro atoms. The second kappa shape index (κ2) is 8.97. The molecule has 0 bridgehead atoms. The van der Waals surface area contributed by atoms with Gasteiger partial charge in [0.25, 0.3) is 5.92 Å². The van der Waals surface area contributed by atoms with E-state index in [4.69, 9.17) is 9.47 Å². The van der Waals surface area contributed by atoms with Crippen molar-refractivity contribution in [1.82, 2.24) is 10.2 Å². The second-order valence-electron chi connectivity index (χ2n) is 8.41. The lowest BCUT2D eigenvalue weighted by atomic mass is 9.83. The highest BCUT2D eigenvalue weighted by Gasteiger charge is 2.56. The number of rotatable bonds is 5. The van der Waals surface area contributed by atoms with Gasteiger partial charge in [0.2, 0.25) is 0 Å². The molecule has 1 aliphatic heterocycles. The van der Waals surface area contributed by atoms with Crippen LogP contribution in [-0.4, -0.2) is 53.8 Å². The minimum Gasteiger partial charge on any atom is -0.445 e. The number of carbonyl (C=O) groups excluding carboxylic acids is 2. The first-order valence-electron chi connectivity index (χ1n) is 9.77. The second-order valence-corrected chi connectivity index (χ2v) is 8.41. The molecule has 1 unspecified atom stereocenters. The largest absolute Gasteiger partial charge is 0.445 e. The number of likely N-dealkylation sites (tertiary alicyclic amines) is 1. The van der Waals surface area contributed by atoms with Crippen LogP contribution in [0.3, 0.4) is 0 Å². The van der Waals surface area contributed by atoms with Crippen molar-refractivity contribution in [2.24, 2.45) is 0 Å². The van der Waals surface area contributed by atoms with Crippen LogP contribution in [0.25, 0.3) is 0 Å². The lowest BCUT2D eigenvalue weighted by Crippen LogP contribution is -2.68. The molecule has 1 fully saturated rings. The summed E-state index contributed by atoms with van der Waals surface area (Å²) in [5.74, 6) is -3.44. The molecular weight excluding hydrogens is 382 g/mol. The van der Waals surface area contributed by atoms with E-state index in [9.17, 15) is 18.4 Å². The van der Waals surface area contributed by atoms with E-state index < -0.39 is 35.8 Å². The Morgan fingerprint density at radius 3 is 2.69 bits per heavy atom. The van der Waals surface area contributed by atoms with E-state index in [0.717, 1.165) is 18.4 Å². The predicted octanol–water partition coefficient (Wildman–Crippen LogP) is 4.58. The molecule has 8 heteroatoms. The van der Waals surface area contributed by atoms with E-state index in [0.29, 0.717) is 6.08 Å². The molecule has 1 heterocycles. The Bertz CT molecular complexity index is 697. The van der Waals surface area contributed by atoms with Gasteiger partial charge in [0, 0.05) is 6.54 Å². The molecule has 0 radical (unpaired) electrons. The maximum Gasteiger partial charge on any atom is 0.410 e. The van der Waals surface area contributed by atoms with Crippen LogP contribution in [0.1, 0.15) is 46.5 Å². The van der Waals surface area contributed by atoms with Crippen molar-refractivity contribution >= 4 is 12.2 Å². The third-order valence-corrected chi connectivity index (χ3v) is 4.87. The van der Waals surface area contributed by atoms with Gasteiger partial charge in [-0.25, -0.2) is 9.59 Å². The number of halogens is 2. The molecule has 2 aliphatic rings. The highest BCUT2D eigenvalue weighted by atomic mass is 19.3. The third-order valence-electron chi connectivity index (χ3n) is 4.87. The summed E-state index contributed by atoms with van der Waals surface area (Å²) in [6.07, 6.45) is 6.42. The number of allylic oxidation sites excluding steroid dienone is 3. The van der Waals surface area contributed by atoms with Crippen LogP contribution < -0.4 is 5.32 Å². The lowest BCUT2D eigenvalue weighted by Gasteiger charge is -2.46. The number of carbonyl (C=O) groups is 2. The first-order chi connectivity index (χ1) is 13.5. The van der Waals surface area contributed by atoms with Crippen molar-refractivity contribution in [3.05, 3.63) is 36.5 Å². The van der Waals surface area contributed by atoms with Crippen LogP contribution in [0, 0.1) is 0 Å². The minimum absolute atomic E-state index is 0.0220. The normalized spacial score (nSPS) is 22.5. The molecule has 0 aromatic rings. The molecule has 2 rings (SSSR count). The summed E-state index contributed by atoms with van der Waals surface area (Å²) in [5, 5.41) is 2.33. The molecule has 29 heavy (non-hydrogen) atoms. The molecule has 162 valence electrons. The molecule has 0 aromatic carbocycles. The number of hydrogen-bond acceptors (Lipinski definition) is 4. The van der Waals surface area contributed by atoms with E-state index in [1.54, 1.807) is 20.8 Å². The van der Waals surface area contributed by atoms with Crippen molar-refractivity contribution in [2.75, 3.05) is 19.7 Å². The van der Waals surface area contributed by atoms with Crippen molar-refractivity contribution in [1.29, 1.82) is 0 Å². The van der Waals surface area contributed by atoms with E-state index >= 15 is 0 Å². The molecule has 0 saturated carbocycles. The Labute approximate surface area is 170 Å². The monoisotopic (exact) mass is 412 g/mol. The third kappa shape index (κ3) is 6.05. The standard InChI is InChI=1S/C21H30F2N2O4/c1-5-21(22,23)20(24-17(26)28-14-16-10-7-6-8-11-16)12-9-13-25(15-20)18(27)29-19(2,3)4/h5-7,10H,1,8-9,11-15H2,2-4H3,(H,24,26). The molecule has 0 aromatic heterocycles. The Kier molecular flexibility index (Phi) is 7.08. The van der Waals surface area contributed by atoms with Gasteiger partial charge in [-0.3, -0.25) is 0 Å². The Balaban J connectivity index is 2.12. The molecule has 2 amide bonds. The van der Waals surface area contributed by atoms with Crippen LogP contribution in [0.4, 0.5) is 18.4 Å². The highest BCUT2D eigenvalue weighted by Crippen LogP contribution is 2.37. The summed E-state index contributed by atoms with van der Waals surface area (Å²) in [6, 6.07) is 0. The van der Waals surface area contributed by atoms with Crippen LogP contribution in [-0.2, 0) is 9.47 Å². The van der Waals surface area contributed by atoms with Gasteiger partial charge in [0.15, 0.2) is 0 Å². The number of nitrogens with one attached hydrogen (secondary N) is 1. The van der Waals surface area contributed by atoms with Crippen molar-refractivity contribution in [3.8, 4) is 0 Å². The zero-order chi connectivity index (χ0) is 21.7. The maximum absolute atomic E-state index is 14.8. The number of piperidine rings is 1. The average molecular weight is 412 g/mol. The molecular formula is C21H30F2N2O4. The summed E-state index contributed by atoms with van der Waals surface area (Å²) in [6.45, 7) is 8.21. The molecule has 6 nitrogen and oxygen atoms in total. The highest BCUT2D eigenvalue weighted by molar-refractivity contribution is 5.71. The van der Waals surface area contributed by atoms with E-state index in [1.165, 1.54) is 4.90 Å². The minimum atomic E-state index is -3.44. The molecule has 1 N–H and O–H groups in total. The van der Waals surface area contributed by atoms with Crippen LogP contribution >= 0.6 is 0 Å². The van der Waals surface area contributed by atoms with Gasteiger partial charge < -0.3 is 19.7 Å². The summed E-state index contributed by atoms with van der Waals surface area (Å²) in [5.41, 5.74) is -1.86. The SMILES string of the molecule is C=CC(F)(F)C1(NC(=O)OCC2=CC=CCC2)CCCN(C(=O)OC(C)(C)C)C1. The Morgan fingerprint density at radius 2 is 2.10 bits per heavy atom. The first kappa shape index (κ1) is 22.9. The summed E-state index contributed by atoms with van der Waals surface area (Å²) in [7, 11) is 0. The van der Waals surface area contributed by atoms with E-state index in [-0.39, 0.29) is 26.0 Å². The van der Waals surface area contributed by atoms with Crippen molar-refractivity contribution < 1.29 is 27.8 Å². The number of alkyl carbamates (subject to hydrolysis) is 1. The Hall–Kier alpha value is -2.38. The number of nitrogens with zero attached hydrogens (tertiary/aromatic N) is 1. The molecule has 1 aliphatic carbocycles. The quantitative estimate of drug-likeness (QED) is 0.671. The van der Waals surface area contributed by atoms with Gasteiger partial charge in [-0.15, -0.1) is 0 Å². The smallest absolute Gasteiger partial charge is 0.410 e. The zero-order valence-corrected chi connectivity index (χ0v) is 17.3. The molecule has 1 saturated heterocycles. The number of hydrogen-bond donors (Lipinski definition) is 1. The number of amides is 2. The van der Waals surface area contributed by atoms with Crippen LogP contribution in [0.5, 0.6) is 0 Å². The number of ether oxygens (including phenoxy) is 2. The van der Waals surface area contributed by atoms with Gasteiger partial charge in [0.05, 0.1) is 6.54 Å².